The van der Waals surface area contributed by atoms with Crippen LogP contribution >= 0.6 is 0 Å². The lowest BCUT2D eigenvalue weighted by Gasteiger charge is -2.33. The average molecular weight is 368 g/mol. The topological polar surface area (TPSA) is 88.9 Å². The number of H-pyrrole nitrogens is 1. The number of aromatic amines is 1. The lowest BCUT2D eigenvalue weighted by atomic mass is 10.1. The van der Waals surface area contributed by atoms with E-state index in [9.17, 15) is 4.79 Å². The maximum absolute atomic E-state index is 12.2. The fraction of sp³-hybridized carbons (Fsp3) is 0.474. The predicted octanol–water partition coefficient (Wildman–Crippen LogP) is 3.39. The van der Waals surface area contributed by atoms with Gasteiger partial charge in [-0.25, -0.2) is 4.79 Å². The van der Waals surface area contributed by atoms with Crippen LogP contribution in [0, 0.1) is 0 Å². The van der Waals surface area contributed by atoms with Gasteiger partial charge in [-0.05, 0) is 39.7 Å². The van der Waals surface area contributed by atoms with Crippen LogP contribution in [0.5, 0.6) is 0 Å². The van der Waals surface area contributed by atoms with E-state index < -0.39 is 5.60 Å². The molecule has 0 bridgehead atoms. The molecule has 0 atom stereocenters. The van der Waals surface area contributed by atoms with Crippen LogP contribution in [-0.2, 0) is 4.74 Å². The number of carbonyl (C=O) groups excluding carboxylic acids is 1. The quantitative estimate of drug-likeness (QED) is 0.749. The molecule has 1 amide bonds. The summed E-state index contributed by atoms with van der Waals surface area (Å²) in [5, 5.41) is 11.5. The highest BCUT2D eigenvalue weighted by molar-refractivity contribution is 5.79. The minimum absolute atomic E-state index is 0.235. The second-order valence-corrected chi connectivity index (χ2v) is 7.93. The van der Waals surface area contributed by atoms with Crippen LogP contribution in [0.1, 0.15) is 39.7 Å². The summed E-state index contributed by atoms with van der Waals surface area (Å²) in [6, 6.07) is 2.31. The lowest BCUT2D eigenvalue weighted by molar-refractivity contribution is 0.0185. The van der Waals surface area contributed by atoms with Crippen LogP contribution in [0.25, 0.3) is 22.2 Å². The lowest BCUT2D eigenvalue weighted by Crippen LogP contribution is -2.42. The minimum atomic E-state index is -0.464. The number of aromatic nitrogens is 5. The van der Waals surface area contributed by atoms with E-state index in [1.165, 1.54) is 0 Å². The highest BCUT2D eigenvalue weighted by Gasteiger charge is 2.27. The smallest absolute Gasteiger partial charge is 0.410 e. The third-order valence-corrected chi connectivity index (χ3v) is 4.72. The normalized spacial score (nSPS) is 16.0. The summed E-state index contributed by atoms with van der Waals surface area (Å²) in [6.07, 6.45) is 8.94. The Bertz CT molecular complexity index is 946. The molecule has 0 unspecified atom stereocenters. The summed E-state index contributed by atoms with van der Waals surface area (Å²) >= 11 is 0. The molecule has 4 heterocycles. The molecule has 0 spiro atoms. The van der Waals surface area contributed by atoms with Crippen molar-refractivity contribution < 1.29 is 9.53 Å². The number of nitrogens with one attached hydrogen (secondary N) is 1. The molecule has 1 fully saturated rings. The van der Waals surface area contributed by atoms with Crippen molar-refractivity contribution in [3.05, 3.63) is 30.9 Å². The second kappa shape index (κ2) is 6.68. The Labute approximate surface area is 157 Å². The predicted molar refractivity (Wildman–Crippen MR) is 101 cm³/mol. The van der Waals surface area contributed by atoms with Gasteiger partial charge in [-0.15, -0.1) is 0 Å². The van der Waals surface area contributed by atoms with E-state index in [0.717, 1.165) is 35.0 Å². The Morgan fingerprint density at radius 1 is 1.19 bits per heavy atom. The number of pyridine rings is 1. The van der Waals surface area contributed by atoms with Crippen LogP contribution in [0.15, 0.2) is 30.9 Å². The molecule has 0 aliphatic carbocycles. The Hall–Kier alpha value is -2.90. The van der Waals surface area contributed by atoms with Gasteiger partial charge in [-0.1, -0.05) is 0 Å². The van der Waals surface area contributed by atoms with Crippen molar-refractivity contribution in [1.29, 1.82) is 0 Å². The van der Waals surface area contributed by atoms with E-state index in [4.69, 9.17) is 4.74 Å². The number of likely N-dealkylation sites (tertiary alicyclic amines) is 1. The van der Waals surface area contributed by atoms with Crippen LogP contribution < -0.4 is 0 Å². The van der Waals surface area contributed by atoms with E-state index in [1.807, 2.05) is 50.1 Å². The molecule has 3 aromatic heterocycles. The third-order valence-electron chi connectivity index (χ3n) is 4.72. The zero-order valence-corrected chi connectivity index (χ0v) is 15.8. The molecule has 27 heavy (non-hydrogen) atoms. The molecule has 1 aliphatic rings. The Morgan fingerprint density at radius 2 is 1.96 bits per heavy atom. The fourth-order valence-corrected chi connectivity index (χ4v) is 3.31. The molecule has 0 radical (unpaired) electrons. The van der Waals surface area contributed by atoms with Gasteiger partial charge in [0.05, 0.1) is 24.0 Å². The molecule has 0 aromatic carbocycles. The van der Waals surface area contributed by atoms with Crippen molar-refractivity contribution >= 4 is 17.1 Å². The van der Waals surface area contributed by atoms with Gasteiger partial charge in [-0.3, -0.25) is 14.8 Å². The van der Waals surface area contributed by atoms with E-state index in [-0.39, 0.29) is 12.1 Å². The number of hydrogen-bond acceptors (Lipinski definition) is 5. The summed E-state index contributed by atoms with van der Waals surface area (Å²) in [7, 11) is 0. The van der Waals surface area contributed by atoms with Gasteiger partial charge in [0.15, 0.2) is 0 Å². The van der Waals surface area contributed by atoms with Crippen molar-refractivity contribution in [3.63, 3.8) is 0 Å². The number of piperidine rings is 1. The molecule has 1 aliphatic heterocycles. The van der Waals surface area contributed by atoms with Crippen LogP contribution in [-0.4, -0.2) is 54.6 Å². The summed E-state index contributed by atoms with van der Waals surface area (Å²) < 4.78 is 7.46. The summed E-state index contributed by atoms with van der Waals surface area (Å²) in [5.41, 5.74) is 3.32. The van der Waals surface area contributed by atoms with Gasteiger partial charge in [0.25, 0.3) is 0 Å². The zero-order valence-electron chi connectivity index (χ0n) is 15.8. The fourth-order valence-electron chi connectivity index (χ4n) is 3.31. The molecule has 0 saturated carbocycles. The maximum Gasteiger partial charge on any atom is 0.410 e. The monoisotopic (exact) mass is 368 g/mol. The second-order valence-electron chi connectivity index (χ2n) is 7.93. The highest BCUT2D eigenvalue weighted by Crippen LogP contribution is 2.27. The average Bonchev–Trinajstić information content (AvgIpc) is 3.29. The van der Waals surface area contributed by atoms with Crippen molar-refractivity contribution in [2.24, 2.45) is 0 Å². The SMILES string of the molecule is CC(C)(C)OC(=O)N1CCC(n2cc(-c3cnc4cn[nH]c4c3)cn2)CC1. The molecule has 8 nitrogen and oxygen atoms in total. The van der Waals surface area contributed by atoms with Crippen molar-refractivity contribution in [2.75, 3.05) is 13.1 Å². The van der Waals surface area contributed by atoms with Crippen LogP contribution in [0.2, 0.25) is 0 Å². The first-order chi connectivity index (χ1) is 12.9. The molecule has 3 aromatic rings. The third kappa shape index (κ3) is 3.79. The van der Waals surface area contributed by atoms with Crippen LogP contribution in [0.4, 0.5) is 4.79 Å². The molecule has 142 valence electrons. The van der Waals surface area contributed by atoms with Gasteiger partial charge in [0, 0.05) is 36.6 Å². The minimum Gasteiger partial charge on any atom is -0.444 e. The first-order valence-electron chi connectivity index (χ1n) is 9.21. The standard InChI is InChI=1S/C19H24N6O2/c1-19(2,3)27-18(26)24-6-4-15(5-7-24)25-12-14(10-22-25)13-8-16-17(20-9-13)11-21-23-16/h8-12,15H,4-7H2,1-3H3,(H,21,23). The Morgan fingerprint density at radius 3 is 2.70 bits per heavy atom. The molecular formula is C19H24N6O2. The largest absolute Gasteiger partial charge is 0.444 e. The van der Waals surface area contributed by atoms with Crippen LogP contribution in [0.3, 0.4) is 0 Å². The number of rotatable bonds is 2. The number of carbonyl (C=O) groups is 1. The molecule has 4 rings (SSSR count). The summed E-state index contributed by atoms with van der Waals surface area (Å²) in [5.74, 6) is 0. The molecular weight excluding hydrogens is 344 g/mol. The number of fused-ring (bicyclic) bond motifs is 1. The van der Waals surface area contributed by atoms with Crippen molar-refractivity contribution in [2.45, 2.75) is 45.3 Å². The molecule has 1 saturated heterocycles. The summed E-state index contributed by atoms with van der Waals surface area (Å²) in [4.78, 5) is 18.4. The Kier molecular flexibility index (Phi) is 4.33. The van der Waals surface area contributed by atoms with Gasteiger partial charge >= 0.3 is 6.09 Å². The van der Waals surface area contributed by atoms with E-state index in [0.29, 0.717) is 13.1 Å². The maximum atomic E-state index is 12.2. The van der Waals surface area contributed by atoms with Gasteiger partial charge in [-0.2, -0.15) is 10.2 Å². The van der Waals surface area contributed by atoms with Gasteiger partial charge in [0.2, 0.25) is 0 Å². The summed E-state index contributed by atoms with van der Waals surface area (Å²) in [6.45, 7) is 7.02. The van der Waals surface area contributed by atoms with Crippen molar-refractivity contribution in [3.8, 4) is 11.1 Å². The first kappa shape index (κ1) is 17.5. The zero-order chi connectivity index (χ0) is 19.0. The number of hydrogen-bond donors (Lipinski definition) is 1. The van der Waals surface area contributed by atoms with Gasteiger partial charge in [0.1, 0.15) is 11.1 Å². The first-order valence-corrected chi connectivity index (χ1v) is 9.21. The number of amides is 1. The Balaban J connectivity index is 1.41. The number of ether oxygens (including phenoxy) is 1. The van der Waals surface area contributed by atoms with E-state index in [1.54, 1.807) is 11.1 Å². The van der Waals surface area contributed by atoms with Crippen molar-refractivity contribution in [1.82, 2.24) is 29.9 Å². The highest BCUT2D eigenvalue weighted by atomic mass is 16.6. The molecule has 1 N–H and O–H groups in total. The molecule has 8 heteroatoms. The van der Waals surface area contributed by atoms with E-state index >= 15 is 0 Å². The number of nitrogens with zero attached hydrogens (tertiary/aromatic N) is 5. The van der Waals surface area contributed by atoms with E-state index in [2.05, 4.69) is 20.3 Å². The van der Waals surface area contributed by atoms with Gasteiger partial charge < -0.3 is 9.64 Å².